The summed E-state index contributed by atoms with van der Waals surface area (Å²) in [7, 11) is -0.0694. The predicted octanol–water partition coefficient (Wildman–Crippen LogP) is -11.1. The molecular weight excluding hydrogens is 199 g/mol. The molecule has 11 heteroatoms. The third-order valence-electron chi connectivity index (χ3n) is 0.0430. The Kier molecular flexibility index (Phi) is 654. The van der Waals surface area contributed by atoms with Gasteiger partial charge in [-0.15, -0.1) is 0 Å². The first-order chi connectivity index (χ1) is 1.91. The number of halogens is 1. The van der Waals surface area contributed by atoms with Gasteiger partial charge in [-0.25, -0.2) is 0 Å². The van der Waals surface area contributed by atoms with Gasteiger partial charge < -0.3 is 30.3 Å². The first-order valence-corrected chi connectivity index (χ1v) is 0.654. The van der Waals surface area contributed by atoms with E-state index in [-0.39, 0.29) is 118 Å². The molecule has 0 saturated heterocycles. The molecule has 0 aliphatic heterocycles. The molecule has 0 rings (SSSR count). The Balaban J connectivity index is -0.000000000331. The maximum Gasteiger partial charge on any atom is 1.00 e. The van der Waals surface area contributed by atoms with Gasteiger partial charge in [0.15, 0.2) is 0 Å². The zero-order valence-electron chi connectivity index (χ0n) is 15.3. The molecule has 0 saturated carbocycles. The zero-order valence-corrected chi connectivity index (χ0v) is 11.1. The van der Waals surface area contributed by atoms with Crippen molar-refractivity contribution in [1.82, 2.24) is 0 Å². The zero-order chi connectivity index (χ0) is 3.41. The molecule has 11 heavy (non-hydrogen) atoms. The normalized spacial score (nSPS) is 1.55. The van der Waals surface area contributed by atoms with Crippen LogP contribution < -0.4 is 71.5 Å². The SMILES string of the molecule is O.O.O.O=BOO.[B].[Cl-].[H+].[H+].[H+].[H+].[H+].[H+].[H+].[H+].[H-].[HH].[Na+].[Na+]. The molecule has 0 heterocycles. The summed E-state index contributed by atoms with van der Waals surface area (Å²) in [4.78, 5) is 2.86. The molecule has 0 unspecified atom stereocenters. The first kappa shape index (κ1) is 76.6. The van der Waals surface area contributed by atoms with Crippen molar-refractivity contribution >= 4 is 15.8 Å². The van der Waals surface area contributed by atoms with Crippen LogP contribution in [0.2, 0.25) is 0 Å². The van der Waals surface area contributed by atoms with Gasteiger partial charge in [-0.3, -0.25) is 0 Å². The quantitative estimate of drug-likeness (QED) is 0.264. The van der Waals surface area contributed by atoms with Gasteiger partial charge in [0.2, 0.25) is 0 Å². The van der Waals surface area contributed by atoms with Crippen LogP contribution in [0, 0.1) is 0 Å². The Bertz CT molecular complexity index is 53.5. The van der Waals surface area contributed by atoms with Crippen molar-refractivity contribution < 1.29 is 117 Å². The Labute approximate surface area is 132 Å². The summed E-state index contributed by atoms with van der Waals surface area (Å²) in [5, 5.41) is 7.01. The minimum absolute atomic E-state index is 0. The fourth-order valence-corrected chi connectivity index (χ4v) is 0. The van der Waals surface area contributed by atoms with Gasteiger partial charge in [0.25, 0.3) is 0 Å². The maximum atomic E-state index is 8.70. The largest absolute Gasteiger partial charge is 1.00 e. The molecule has 0 aromatic carbocycles. The minimum Gasteiger partial charge on any atom is -1.00 e. The number of hydrogen-bond acceptors (Lipinski definition) is 3. The van der Waals surface area contributed by atoms with Crippen molar-refractivity contribution in [3.05, 3.63) is 0 Å². The van der Waals surface area contributed by atoms with Gasteiger partial charge in [-0.2, -0.15) is 0 Å². The Morgan fingerprint density at radius 3 is 1.45 bits per heavy atom. The van der Waals surface area contributed by atoms with Crippen LogP contribution in [0.5, 0.6) is 0 Å². The van der Waals surface area contributed by atoms with Crippen molar-refractivity contribution in [2.75, 3.05) is 0 Å². The molecule has 61 valence electrons. The molecule has 0 aliphatic rings. The monoisotopic (exact) mass is 217 g/mol. The maximum absolute atomic E-state index is 8.70. The van der Waals surface area contributed by atoms with E-state index in [1.807, 2.05) is 0 Å². The molecule has 0 bridgehead atoms. The number of rotatable bonds is 1. The van der Waals surface area contributed by atoms with Crippen LogP contribution in [0.3, 0.4) is 0 Å². The van der Waals surface area contributed by atoms with Crippen LogP contribution >= 0.6 is 0 Å². The second-order valence-electron chi connectivity index (χ2n) is 0.202. The first-order valence-electron chi connectivity index (χ1n) is 0.654. The van der Waals surface area contributed by atoms with E-state index in [2.05, 4.69) is 4.81 Å². The molecule has 0 aliphatic carbocycles. The van der Waals surface area contributed by atoms with Gasteiger partial charge in [0, 0.05) is 9.84 Å². The van der Waals surface area contributed by atoms with Crippen molar-refractivity contribution in [2.24, 2.45) is 0 Å². The van der Waals surface area contributed by atoms with E-state index in [0.717, 1.165) is 0 Å². The average molecular weight is 217 g/mol. The minimum atomic E-state index is -0.0694. The molecule has 0 atom stereocenters. The van der Waals surface area contributed by atoms with E-state index in [1.54, 1.807) is 0 Å². The van der Waals surface area contributed by atoms with E-state index in [9.17, 15) is 0 Å². The summed E-state index contributed by atoms with van der Waals surface area (Å²) in [6.45, 7) is 0. The van der Waals surface area contributed by atoms with Crippen LogP contribution in [0.15, 0.2) is 0 Å². The summed E-state index contributed by atoms with van der Waals surface area (Å²) in [6, 6.07) is 0. The molecule has 0 spiro atoms. The van der Waals surface area contributed by atoms with Crippen molar-refractivity contribution in [2.45, 2.75) is 0 Å². The van der Waals surface area contributed by atoms with Crippen molar-refractivity contribution in [3.8, 4) is 0 Å². The Morgan fingerprint density at radius 1 is 1.36 bits per heavy atom. The molecular formula is H18B2ClNa2O6+8. The van der Waals surface area contributed by atoms with Gasteiger partial charge in [0.1, 0.15) is 0 Å². The van der Waals surface area contributed by atoms with Crippen LogP contribution in [0.4, 0.5) is 0 Å². The summed E-state index contributed by atoms with van der Waals surface area (Å²) in [5.41, 5.74) is 0. The predicted molar refractivity (Wildman–Crippen MR) is 38.9 cm³/mol. The van der Waals surface area contributed by atoms with Gasteiger partial charge in [0.05, 0.1) is 0 Å². The smallest absolute Gasteiger partial charge is 1.00 e. The van der Waals surface area contributed by atoms with Gasteiger partial charge in [-0.05, 0) is 0 Å². The summed E-state index contributed by atoms with van der Waals surface area (Å²) in [5.74, 6) is 0. The second-order valence-corrected chi connectivity index (χ2v) is 0.202. The van der Waals surface area contributed by atoms with E-state index >= 15 is 0 Å². The molecule has 7 N–H and O–H groups in total. The average Bonchev–Trinajstić information content (AvgIpc) is 1.37. The summed E-state index contributed by atoms with van der Waals surface area (Å²) >= 11 is 0. The van der Waals surface area contributed by atoms with Crippen LogP contribution in [-0.4, -0.2) is 37.5 Å². The third kappa shape index (κ3) is 141. The summed E-state index contributed by atoms with van der Waals surface area (Å²) in [6.07, 6.45) is 0. The molecule has 0 aromatic heterocycles. The molecule has 0 aromatic rings. The number of hydrogen-bond donors (Lipinski definition) is 1. The summed E-state index contributed by atoms with van der Waals surface area (Å²) < 4.78 is 8.70. The molecule has 6 nitrogen and oxygen atoms in total. The fraction of sp³-hybridized carbons (Fsp3) is 0. The molecule has 0 fully saturated rings. The van der Waals surface area contributed by atoms with E-state index in [0.29, 0.717) is 0 Å². The standard InChI is InChI=1S/BHO3.B.ClH.2Na.3H2O.H2.H/c2-1-4-3;;;;;;;;;/h3H;;1H;;;3*1H2;1H;/q;;;2*+1;;;;;-1/p+7. The fourth-order valence-electron chi connectivity index (χ4n) is 0. The van der Waals surface area contributed by atoms with Crippen LogP contribution in [0.25, 0.3) is 0 Å². The second kappa shape index (κ2) is 93.9. The molecule has 0 amide bonds. The Hall–Kier alpha value is 1.86. The van der Waals surface area contributed by atoms with Crippen molar-refractivity contribution in [3.63, 3.8) is 0 Å². The molecule has 3 radical (unpaired) electrons. The van der Waals surface area contributed by atoms with E-state index < -0.39 is 0 Å². The third-order valence-corrected chi connectivity index (χ3v) is 0.0430. The van der Waals surface area contributed by atoms with Crippen LogP contribution in [-0.2, 0) is 9.51 Å². The Morgan fingerprint density at radius 2 is 1.45 bits per heavy atom. The van der Waals surface area contributed by atoms with Crippen LogP contribution in [0.1, 0.15) is 14.3 Å². The van der Waals surface area contributed by atoms with Gasteiger partial charge in [-0.1, -0.05) is 0 Å². The topological polar surface area (TPSA) is 141 Å². The van der Waals surface area contributed by atoms with E-state index in [1.165, 1.54) is 0 Å². The van der Waals surface area contributed by atoms with Crippen molar-refractivity contribution in [1.29, 1.82) is 0 Å². The van der Waals surface area contributed by atoms with E-state index in [4.69, 9.17) is 9.96 Å². The van der Waals surface area contributed by atoms with Gasteiger partial charge >= 0.3 is 92.6 Å².